The minimum absolute atomic E-state index is 0.00962. The molecule has 4 aromatic rings. The maximum atomic E-state index is 2.43. The third-order valence-corrected chi connectivity index (χ3v) is 8.03. The fourth-order valence-electron chi connectivity index (χ4n) is 5.55. The van der Waals surface area contributed by atoms with Crippen molar-refractivity contribution in [2.45, 2.75) is 52.4 Å². The lowest BCUT2D eigenvalue weighted by molar-refractivity contribution is -0.660. The molecular weight excluding hydrogens is 374 g/mol. The number of rotatable bonds is 1. The van der Waals surface area contributed by atoms with Crippen molar-refractivity contribution in [2.24, 2.45) is 7.05 Å². The molecule has 1 aliphatic carbocycles. The molecule has 1 aromatic heterocycles. The van der Waals surface area contributed by atoms with E-state index in [4.69, 9.17) is 0 Å². The molecule has 31 heavy (non-hydrogen) atoms. The average Bonchev–Trinajstić information content (AvgIpc) is 2.73. The lowest BCUT2D eigenvalue weighted by atomic mass is 9.54. The number of fused-ring (bicyclic) bond motifs is 5. The number of nitrogens with zero attached hydrogens (tertiary/aromatic N) is 1. The van der Waals surface area contributed by atoms with Crippen LogP contribution in [0.2, 0.25) is 0 Å². The molecule has 1 nitrogen and oxygen atoms in total. The minimum Gasteiger partial charge on any atom is -0.201 e. The summed E-state index contributed by atoms with van der Waals surface area (Å²) in [5.74, 6) is 0. The Kier molecular flexibility index (Phi) is 4.21. The van der Waals surface area contributed by atoms with E-state index in [0.29, 0.717) is 0 Å². The summed E-state index contributed by atoms with van der Waals surface area (Å²) in [7, 11) is 2.16. The molecule has 1 heterocycles. The van der Waals surface area contributed by atoms with Crippen LogP contribution in [0.3, 0.4) is 0 Å². The number of hydrogen-bond donors (Lipinski definition) is 0. The van der Waals surface area contributed by atoms with E-state index in [-0.39, 0.29) is 10.8 Å². The second-order valence-electron chi connectivity index (χ2n) is 10.3. The van der Waals surface area contributed by atoms with Crippen LogP contribution >= 0.6 is 0 Å². The van der Waals surface area contributed by atoms with Crippen molar-refractivity contribution in [1.82, 2.24) is 0 Å². The monoisotopic (exact) mass is 406 g/mol. The summed E-state index contributed by atoms with van der Waals surface area (Å²) in [6.07, 6.45) is 2.19. The molecule has 0 aliphatic heterocycles. The van der Waals surface area contributed by atoms with Crippen molar-refractivity contribution in [1.29, 1.82) is 0 Å². The molecule has 0 radical (unpaired) electrons. The van der Waals surface area contributed by atoms with E-state index in [1.54, 1.807) is 0 Å². The smallest absolute Gasteiger partial charge is 0.201 e. The highest BCUT2D eigenvalue weighted by molar-refractivity contribution is 6.02. The van der Waals surface area contributed by atoms with Gasteiger partial charge in [0, 0.05) is 17.5 Å². The molecular formula is C30H32N+. The Morgan fingerprint density at radius 3 is 2.26 bits per heavy atom. The third-order valence-electron chi connectivity index (χ3n) is 8.03. The quantitative estimate of drug-likeness (QED) is 0.295. The van der Waals surface area contributed by atoms with E-state index >= 15 is 0 Å². The number of pyridine rings is 1. The maximum Gasteiger partial charge on any atom is 0.213 e. The van der Waals surface area contributed by atoms with Crippen molar-refractivity contribution in [3.05, 3.63) is 89.1 Å². The standard InChI is InChI=1S/C30H32N/c1-19-16-17-31(7)25(18-19)26-20(2)12-14-23-27-22-11-9-8-10-21(22)13-15-24(27)29(3,4)30(5,6)28(23)26/h8-18H,1-7H3/q+1. The minimum atomic E-state index is -0.0319. The van der Waals surface area contributed by atoms with E-state index in [2.05, 4.69) is 120 Å². The summed E-state index contributed by atoms with van der Waals surface area (Å²) >= 11 is 0. The highest BCUT2D eigenvalue weighted by atomic mass is 14.9. The van der Waals surface area contributed by atoms with Crippen LogP contribution < -0.4 is 4.57 Å². The van der Waals surface area contributed by atoms with Crippen LogP contribution in [0.25, 0.3) is 33.2 Å². The molecule has 0 fully saturated rings. The molecule has 0 amide bonds. The van der Waals surface area contributed by atoms with Crippen LogP contribution in [0.15, 0.2) is 66.9 Å². The van der Waals surface area contributed by atoms with Crippen molar-refractivity contribution in [2.75, 3.05) is 0 Å². The second-order valence-corrected chi connectivity index (χ2v) is 10.3. The molecule has 0 saturated carbocycles. The zero-order chi connectivity index (χ0) is 22.1. The van der Waals surface area contributed by atoms with Gasteiger partial charge in [0.2, 0.25) is 5.69 Å². The molecule has 3 aromatic carbocycles. The lowest BCUT2D eigenvalue weighted by Crippen LogP contribution is -2.44. The van der Waals surface area contributed by atoms with Crippen LogP contribution in [-0.4, -0.2) is 0 Å². The Morgan fingerprint density at radius 1 is 0.742 bits per heavy atom. The number of hydrogen-bond acceptors (Lipinski definition) is 0. The summed E-state index contributed by atoms with van der Waals surface area (Å²) in [6, 6.07) is 22.7. The zero-order valence-electron chi connectivity index (χ0n) is 19.8. The van der Waals surface area contributed by atoms with Crippen LogP contribution in [0.5, 0.6) is 0 Å². The maximum absolute atomic E-state index is 2.43. The van der Waals surface area contributed by atoms with E-state index in [9.17, 15) is 0 Å². The fraction of sp³-hybridized carbons (Fsp3) is 0.300. The van der Waals surface area contributed by atoms with E-state index in [1.807, 2.05) is 0 Å². The first-order valence-corrected chi connectivity index (χ1v) is 11.3. The van der Waals surface area contributed by atoms with Gasteiger partial charge in [-0.2, -0.15) is 0 Å². The van der Waals surface area contributed by atoms with Gasteiger partial charge in [0.1, 0.15) is 7.05 Å². The van der Waals surface area contributed by atoms with Gasteiger partial charge in [-0.05, 0) is 63.4 Å². The summed E-state index contributed by atoms with van der Waals surface area (Å²) in [5, 5.41) is 2.67. The normalized spacial score (nSPS) is 16.1. The van der Waals surface area contributed by atoms with Gasteiger partial charge < -0.3 is 0 Å². The first-order chi connectivity index (χ1) is 14.6. The predicted molar refractivity (Wildman–Crippen MR) is 132 cm³/mol. The average molecular weight is 407 g/mol. The van der Waals surface area contributed by atoms with Crippen molar-refractivity contribution < 1.29 is 4.57 Å². The molecule has 0 spiro atoms. The summed E-state index contributed by atoms with van der Waals surface area (Å²) < 4.78 is 2.28. The molecule has 0 bridgehead atoms. The van der Waals surface area contributed by atoms with E-state index < -0.39 is 0 Å². The van der Waals surface area contributed by atoms with Crippen molar-refractivity contribution in [3.63, 3.8) is 0 Å². The lowest BCUT2D eigenvalue weighted by Gasteiger charge is -2.49. The Morgan fingerprint density at radius 2 is 1.48 bits per heavy atom. The Labute approximate surface area is 186 Å². The SMILES string of the molecule is Cc1cc[n+](C)c(-c2c(C)ccc3c2C(C)(C)C(C)(C)c2ccc4ccccc4c2-3)c1. The summed E-state index contributed by atoms with van der Waals surface area (Å²) in [5.41, 5.74) is 11.0. The molecule has 0 N–H and O–H groups in total. The first-order valence-electron chi connectivity index (χ1n) is 11.3. The predicted octanol–water partition coefficient (Wildman–Crippen LogP) is 7.18. The van der Waals surface area contributed by atoms with Crippen LogP contribution in [0, 0.1) is 13.8 Å². The van der Waals surface area contributed by atoms with Gasteiger partial charge in [0.05, 0.1) is 5.56 Å². The van der Waals surface area contributed by atoms with Gasteiger partial charge in [-0.3, -0.25) is 0 Å². The van der Waals surface area contributed by atoms with Crippen LogP contribution in [-0.2, 0) is 17.9 Å². The van der Waals surface area contributed by atoms with E-state index in [0.717, 1.165) is 0 Å². The topological polar surface area (TPSA) is 3.88 Å². The third kappa shape index (κ3) is 2.65. The zero-order valence-corrected chi connectivity index (χ0v) is 19.8. The van der Waals surface area contributed by atoms with Crippen LogP contribution in [0.4, 0.5) is 0 Å². The van der Waals surface area contributed by atoms with Gasteiger partial charge in [0.15, 0.2) is 6.20 Å². The largest absolute Gasteiger partial charge is 0.213 e. The number of aryl methyl sites for hydroxylation is 3. The molecule has 0 saturated heterocycles. The number of aromatic nitrogens is 1. The molecule has 0 unspecified atom stereocenters. The van der Waals surface area contributed by atoms with Gasteiger partial charge in [-0.25, -0.2) is 4.57 Å². The fourth-order valence-corrected chi connectivity index (χ4v) is 5.55. The highest BCUT2D eigenvalue weighted by Crippen LogP contribution is 2.57. The summed E-state index contributed by atoms with van der Waals surface area (Å²) in [4.78, 5) is 0. The van der Waals surface area contributed by atoms with Gasteiger partial charge in [-0.15, -0.1) is 0 Å². The van der Waals surface area contributed by atoms with Crippen molar-refractivity contribution >= 4 is 10.8 Å². The summed E-state index contributed by atoms with van der Waals surface area (Å²) in [6.45, 7) is 14.2. The molecule has 1 heteroatoms. The number of benzene rings is 3. The molecule has 0 atom stereocenters. The van der Waals surface area contributed by atoms with Gasteiger partial charge in [-0.1, -0.05) is 76.2 Å². The molecule has 1 aliphatic rings. The van der Waals surface area contributed by atoms with Crippen molar-refractivity contribution in [3.8, 4) is 22.4 Å². The molecule has 156 valence electrons. The van der Waals surface area contributed by atoms with E-state index in [1.165, 1.54) is 55.4 Å². The van der Waals surface area contributed by atoms with Gasteiger partial charge >= 0.3 is 0 Å². The second kappa shape index (κ2) is 6.53. The Balaban J connectivity index is 2.00. The molecule has 5 rings (SSSR count). The highest BCUT2D eigenvalue weighted by Gasteiger charge is 2.48. The Bertz CT molecular complexity index is 1350. The van der Waals surface area contributed by atoms with Crippen LogP contribution in [0.1, 0.15) is 49.9 Å². The first kappa shape index (κ1) is 20.0. The van der Waals surface area contributed by atoms with Gasteiger partial charge in [0.25, 0.3) is 0 Å². The Hall–Kier alpha value is -2.93.